The number of likely N-dealkylation sites (tertiary alicyclic amines) is 1. The molecule has 2 aromatic heterocycles. The molecule has 1 fully saturated rings. The molecule has 1 aromatic carbocycles. The summed E-state index contributed by atoms with van der Waals surface area (Å²) in [6, 6.07) is 8.80. The average molecular weight is 401 g/mol. The number of H-pyrrole nitrogens is 1. The summed E-state index contributed by atoms with van der Waals surface area (Å²) in [6.45, 7) is 5.27. The first-order chi connectivity index (χ1) is 14.7. The van der Waals surface area contributed by atoms with Gasteiger partial charge in [-0.05, 0) is 63.0 Å². The Balaban J connectivity index is 1.51. The lowest BCUT2D eigenvalue weighted by molar-refractivity contribution is 0.217. The molecular weight excluding hydrogens is 372 g/mol. The van der Waals surface area contributed by atoms with Crippen LogP contribution < -0.4 is 11.1 Å². The van der Waals surface area contributed by atoms with E-state index < -0.39 is 0 Å². The minimum Gasteiger partial charge on any atom is -0.361 e. The third-order valence-corrected chi connectivity index (χ3v) is 5.90. The number of nitrogens with one attached hydrogen (secondary N) is 2. The van der Waals surface area contributed by atoms with Crippen molar-refractivity contribution in [3.63, 3.8) is 0 Å². The van der Waals surface area contributed by atoms with E-state index >= 15 is 0 Å². The molecule has 6 heteroatoms. The highest BCUT2D eigenvalue weighted by atomic mass is 15.1. The quantitative estimate of drug-likeness (QED) is 0.573. The van der Waals surface area contributed by atoms with Gasteiger partial charge in [0, 0.05) is 53.3 Å². The number of pyridine rings is 1. The van der Waals surface area contributed by atoms with Crippen LogP contribution in [0.2, 0.25) is 0 Å². The zero-order chi connectivity index (χ0) is 20.9. The predicted molar refractivity (Wildman–Crippen MR) is 123 cm³/mol. The van der Waals surface area contributed by atoms with Crippen molar-refractivity contribution >= 4 is 28.4 Å². The lowest BCUT2D eigenvalue weighted by atomic mass is 10.1. The van der Waals surface area contributed by atoms with Crippen molar-refractivity contribution < 1.29 is 0 Å². The van der Waals surface area contributed by atoms with Gasteiger partial charge in [0.25, 0.3) is 0 Å². The Bertz CT molecular complexity index is 1080. The number of hydrogen-bond donors (Lipinski definition) is 3. The standard InChI is InChI=1S/C24H28N6/c1-17-21-7-10-28-23(21)6-5-22(17)29-24-18(15-27-16-19(24)14-25)4-2-3-11-30-12-8-20(26)9-13-30/h2,4-7,10,15-16,20,28H,3,8-9,11-13,26H2,1H3,(H,27,29)/b4-2+. The molecule has 4 N–H and O–H groups in total. The fourth-order valence-electron chi connectivity index (χ4n) is 4.03. The van der Waals surface area contributed by atoms with Crippen molar-refractivity contribution in [3.05, 3.63) is 59.6 Å². The molecule has 1 aliphatic rings. The van der Waals surface area contributed by atoms with E-state index in [1.165, 1.54) is 5.39 Å². The maximum Gasteiger partial charge on any atom is 0.103 e. The predicted octanol–water partition coefficient (Wildman–Crippen LogP) is 4.31. The Morgan fingerprint density at radius 3 is 2.93 bits per heavy atom. The summed E-state index contributed by atoms with van der Waals surface area (Å²) in [5.41, 5.74) is 11.5. The van der Waals surface area contributed by atoms with Gasteiger partial charge in [-0.15, -0.1) is 0 Å². The fraction of sp³-hybridized carbons (Fsp3) is 0.333. The van der Waals surface area contributed by atoms with Crippen molar-refractivity contribution in [1.82, 2.24) is 14.9 Å². The number of hydrogen-bond acceptors (Lipinski definition) is 5. The zero-order valence-electron chi connectivity index (χ0n) is 17.4. The number of nitrogens with zero attached hydrogens (tertiary/aromatic N) is 3. The second-order valence-corrected chi connectivity index (χ2v) is 7.94. The SMILES string of the molecule is Cc1c(Nc2c(C#N)cncc2/C=C/CCN2CCC(N)CC2)ccc2[nH]ccc12. The maximum atomic E-state index is 9.62. The molecule has 3 heterocycles. The second-order valence-electron chi connectivity index (χ2n) is 7.94. The fourth-order valence-corrected chi connectivity index (χ4v) is 4.03. The third kappa shape index (κ3) is 4.38. The first-order valence-electron chi connectivity index (χ1n) is 10.5. The van der Waals surface area contributed by atoms with Gasteiger partial charge in [-0.2, -0.15) is 5.26 Å². The van der Waals surface area contributed by atoms with Crippen molar-refractivity contribution in [2.75, 3.05) is 25.0 Å². The van der Waals surface area contributed by atoms with Crippen molar-refractivity contribution in [3.8, 4) is 6.07 Å². The van der Waals surface area contributed by atoms with E-state index in [4.69, 9.17) is 5.73 Å². The lowest BCUT2D eigenvalue weighted by Crippen LogP contribution is -2.39. The van der Waals surface area contributed by atoms with Crippen molar-refractivity contribution in [1.29, 1.82) is 5.26 Å². The van der Waals surface area contributed by atoms with Gasteiger partial charge in [0.1, 0.15) is 6.07 Å². The normalized spacial score (nSPS) is 15.6. The molecule has 4 rings (SSSR count). The van der Waals surface area contributed by atoms with Crippen LogP contribution in [0.25, 0.3) is 17.0 Å². The number of anilines is 2. The molecule has 0 bridgehead atoms. The van der Waals surface area contributed by atoms with Crippen LogP contribution in [0, 0.1) is 18.3 Å². The summed E-state index contributed by atoms with van der Waals surface area (Å²) in [7, 11) is 0. The number of nitriles is 1. The summed E-state index contributed by atoms with van der Waals surface area (Å²) in [5, 5.41) is 14.3. The minimum atomic E-state index is 0.360. The van der Waals surface area contributed by atoms with Crippen LogP contribution in [0.15, 0.2) is 42.9 Å². The van der Waals surface area contributed by atoms with Gasteiger partial charge in [-0.1, -0.05) is 12.2 Å². The smallest absolute Gasteiger partial charge is 0.103 e. The van der Waals surface area contributed by atoms with Crippen molar-refractivity contribution in [2.24, 2.45) is 5.73 Å². The summed E-state index contributed by atoms with van der Waals surface area (Å²) < 4.78 is 0. The van der Waals surface area contributed by atoms with Gasteiger partial charge in [0.2, 0.25) is 0 Å². The van der Waals surface area contributed by atoms with E-state index in [1.807, 2.05) is 18.5 Å². The molecule has 154 valence electrons. The van der Waals surface area contributed by atoms with E-state index in [-0.39, 0.29) is 0 Å². The highest BCUT2D eigenvalue weighted by Gasteiger charge is 2.15. The van der Waals surface area contributed by atoms with E-state index in [0.29, 0.717) is 11.6 Å². The minimum absolute atomic E-state index is 0.360. The summed E-state index contributed by atoms with van der Waals surface area (Å²) >= 11 is 0. The Kier molecular flexibility index (Phi) is 6.12. The maximum absolute atomic E-state index is 9.62. The van der Waals surface area contributed by atoms with Gasteiger partial charge < -0.3 is 20.9 Å². The van der Waals surface area contributed by atoms with Crippen LogP contribution in [-0.4, -0.2) is 40.5 Å². The monoisotopic (exact) mass is 400 g/mol. The molecule has 1 saturated heterocycles. The Labute approximate surface area is 177 Å². The molecule has 6 nitrogen and oxygen atoms in total. The molecule has 0 radical (unpaired) electrons. The molecule has 0 aliphatic carbocycles. The van der Waals surface area contributed by atoms with Crippen LogP contribution in [0.1, 0.15) is 36.0 Å². The molecule has 3 aromatic rings. The number of nitrogens with two attached hydrogens (primary N) is 1. The number of rotatable bonds is 6. The van der Waals surface area contributed by atoms with Gasteiger partial charge in [0.05, 0.1) is 11.3 Å². The van der Waals surface area contributed by atoms with Crippen LogP contribution in [0.5, 0.6) is 0 Å². The zero-order valence-corrected chi connectivity index (χ0v) is 17.4. The average Bonchev–Trinajstić information content (AvgIpc) is 3.25. The number of aryl methyl sites for hydroxylation is 1. The highest BCUT2D eigenvalue weighted by Crippen LogP contribution is 2.30. The van der Waals surface area contributed by atoms with Gasteiger partial charge in [-0.25, -0.2) is 0 Å². The summed E-state index contributed by atoms with van der Waals surface area (Å²) in [6.07, 6.45) is 12.7. The number of fused-ring (bicyclic) bond motifs is 1. The van der Waals surface area contributed by atoms with Crippen LogP contribution >= 0.6 is 0 Å². The topological polar surface area (TPSA) is 93.8 Å². The van der Waals surface area contributed by atoms with Crippen molar-refractivity contribution in [2.45, 2.75) is 32.2 Å². The summed E-state index contributed by atoms with van der Waals surface area (Å²) in [5.74, 6) is 0. The Morgan fingerprint density at radius 1 is 1.30 bits per heavy atom. The van der Waals surface area contributed by atoms with E-state index in [9.17, 15) is 5.26 Å². The molecule has 0 unspecified atom stereocenters. The summed E-state index contributed by atoms with van der Waals surface area (Å²) in [4.78, 5) is 9.96. The molecule has 0 atom stereocenters. The van der Waals surface area contributed by atoms with Crippen LogP contribution in [-0.2, 0) is 0 Å². The number of aromatic nitrogens is 2. The number of benzene rings is 1. The van der Waals surface area contributed by atoms with E-state index in [1.54, 1.807) is 6.20 Å². The molecular formula is C24H28N6. The molecule has 0 amide bonds. The highest BCUT2D eigenvalue weighted by molar-refractivity contribution is 5.89. The van der Waals surface area contributed by atoms with E-state index in [2.05, 4.69) is 57.5 Å². The number of piperidine rings is 1. The largest absolute Gasteiger partial charge is 0.361 e. The first kappa shape index (κ1) is 20.1. The lowest BCUT2D eigenvalue weighted by Gasteiger charge is -2.29. The van der Waals surface area contributed by atoms with Gasteiger partial charge in [0.15, 0.2) is 0 Å². The Morgan fingerprint density at radius 2 is 2.13 bits per heavy atom. The van der Waals surface area contributed by atoms with Crippen LogP contribution in [0.3, 0.4) is 0 Å². The molecule has 1 aliphatic heterocycles. The second kappa shape index (κ2) is 9.12. The van der Waals surface area contributed by atoms with Gasteiger partial charge >= 0.3 is 0 Å². The Hall–Kier alpha value is -3.14. The van der Waals surface area contributed by atoms with Crippen LogP contribution in [0.4, 0.5) is 11.4 Å². The van der Waals surface area contributed by atoms with E-state index in [0.717, 1.165) is 66.9 Å². The first-order valence-corrected chi connectivity index (χ1v) is 10.5. The molecule has 0 spiro atoms. The molecule has 30 heavy (non-hydrogen) atoms. The molecule has 0 saturated carbocycles. The third-order valence-electron chi connectivity index (χ3n) is 5.90. The number of aromatic amines is 1. The van der Waals surface area contributed by atoms with Gasteiger partial charge in [-0.3, -0.25) is 4.98 Å².